The summed E-state index contributed by atoms with van der Waals surface area (Å²) >= 11 is 0. The van der Waals surface area contributed by atoms with Gasteiger partial charge in [-0.05, 0) is 68.6 Å². The Morgan fingerprint density at radius 1 is 1.12 bits per heavy atom. The topological polar surface area (TPSA) is 21.1 Å². The molecule has 3 heteroatoms. The van der Waals surface area contributed by atoms with Crippen molar-refractivity contribution in [1.82, 2.24) is 14.5 Å². The number of benzene rings is 1. The fourth-order valence-electron chi connectivity index (χ4n) is 4.57. The monoisotopic (exact) mass is 331 g/mol. The molecule has 0 spiro atoms. The van der Waals surface area contributed by atoms with Gasteiger partial charge in [-0.3, -0.25) is 4.98 Å². The molecular formula is C22H25N3. The second-order valence-corrected chi connectivity index (χ2v) is 8.04. The summed E-state index contributed by atoms with van der Waals surface area (Å²) in [6.45, 7) is 5.53. The van der Waals surface area contributed by atoms with Crippen LogP contribution in [-0.2, 0) is 24.9 Å². The summed E-state index contributed by atoms with van der Waals surface area (Å²) in [5.41, 5.74) is 7.67. The maximum absolute atomic E-state index is 4.21. The number of hydrogen-bond acceptors (Lipinski definition) is 2. The van der Waals surface area contributed by atoms with E-state index in [9.17, 15) is 0 Å². The van der Waals surface area contributed by atoms with Gasteiger partial charge in [0, 0.05) is 54.0 Å². The summed E-state index contributed by atoms with van der Waals surface area (Å²) in [5.74, 6) is 0. The van der Waals surface area contributed by atoms with Gasteiger partial charge in [0.15, 0.2) is 0 Å². The van der Waals surface area contributed by atoms with Gasteiger partial charge in [-0.1, -0.05) is 11.6 Å². The maximum Gasteiger partial charge on any atom is 0.0486 e. The zero-order valence-corrected chi connectivity index (χ0v) is 15.1. The lowest BCUT2D eigenvalue weighted by Crippen LogP contribution is -2.29. The largest absolute Gasteiger partial charge is 0.342 e. The molecule has 2 aliphatic rings. The fraction of sp³-hybridized carbons (Fsp3) is 0.409. The average molecular weight is 331 g/mol. The zero-order valence-electron chi connectivity index (χ0n) is 15.1. The molecule has 2 aromatic heterocycles. The smallest absolute Gasteiger partial charge is 0.0486 e. The summed E-state index contributed by atoms with van der Waals surface area (Å²) in [6.07, 6.45) is 7.62. The highest BCUT2D eigenvalue weighted by Crippen LogP contribution is 2.50. The van der Waals surface area contributed by atoms with Crippen LogP contribution in [0.5, 0.6) is 0 Å². The van der Waals surface area contributed by atoms with Gasteiger partial charge < -0.3 is 9.47 Å². The lowest BCUT2D eigenvalue weighted by atomic mass is 9.96. The SMILES string of the molecule is Cc1ccc2c(c1)c1c(n2CC2(c3ccncc3)CC2)CN(C)CC1. The third-order valence-electron chi connectivity index (χ3n) is 6.21. The Bertz CT molecular complexity index is 935. The van der Waals surface area contributed by atoms with Crippen LogP contribution in [0.3, 0.4) is 0 Å². The van der Waals surface area contributed by atoms with Crippen molar-refractivity contribution in [2.75, 3.05) is 13.6 Å². The van der Waals surface area contributed by atoms with E-state index in [0.29, 0.717) is 5.41 Å². The third-order valence-corrected chi connectivity index (χ3v) is 6.21. The minimum absolute atomic E-state index is 0.309. The number of pyridine rings is 1. The van der Waals surface area contributed by atoms with Gasteiger partial charge in [0.1, 0.15) is 0 Å². The minimum Gasteiger partial charge on any atom is -0.342 e. The van der Waals surface area contributed by atoms with Crippen LogP contribution in [0.2, 0.25) is 0 Å². The Balaban J connectivity index is 1.65. The first kappa shape index (κ1) is 15.2. The van der Waals surface area contributed by atoms with E-state index in [-0.39, 0.29) is 0 Å². The van der Waals surface area contributed by atoms with Crippen molar-refractivity contribution in [1.29, 1.82) is 0 Å². The van der Waals surface area contributed by atoms with E-state index < -0.39 is 0 Å². The number of aromatic nitrogens is 2. The van der Waals surface area contributed by atoms with Crippen molar-refractivity contribution in [2.45, 2.75) is 44.7 Å². The van der Waals surface area contributed by atoms with Gasteiger partial charge in [0.2, 0.25) is 0 Å². The molecule has 0 bridgehead atoms. The van der Waals surface area contributed by atoms with Crippen LogP contribution in [0, 0.1) is 6.92 Å². The standard InChI is InChI=1S/C22H25N3/c1-16-3-4-20-19(13-16)18-7-12-24(2)14-21(18)25(20)15-22(8-9-22)17-5-10-23-11-6-17/h3-6,10-11,13H,7-9,12,14-15H2,1-2H3. The van der Waals surface area contributed by atoms with Crippen LogP contribution >= 0.6 is 0 Å². The molecule has 3 heterocycles. The lowest BCUT2D eigenvalue weighted by molar-refractivity contribution is 0.301. The predicted molar refractivity (Wildman–Crippen MR) is 102 cm³/mol. The highest BCUT2D eigenvalue weighted by molar-refractivity contribution is 5.86. The first-order chi connectivity index (χ1) is 12.2. The second-order valence-electron chi connectivity index (χ2n) is 8.04. The molecule has 1 fully saturated rings. The third kappa shape index (κ3) is 2.41. The van der Waals surface area contributed by atoms with Crippen molar-refractivity contribution < 1.29 is 0 Å². The van der Waals surface area contributed by atoms with E-state index in [1.807, 2.05) is 12.4 Å². The predicted octanol–water partition coefficient (Wildman–Crippen LogP) is 4.06. The van der Waals surface area contributed by atoms with E-state index in [1.54, 1.807) is 5.56 Å². The first-order valence-electron chi connectivity index (χ1n) is 9.36. The highest BCUT2D eigenvalue weighted by Gasteiger charge is 2.45. The summed E-state index contributed by atoms with van der Waals surface area (Å²) < 4.78 is 2.63. The van der Waals surface area contributed by atoms with E-state index in [4.69, 9.17) is 0 Å². The molecule has 1 saturated carbocycles. The molecule has 1 aliphatic carbocycles. The normalized spacial score (nSPS) is 19.1. The number of fused-ring (bicyclic) bond motifs is 3. The number of likely N-dealkylation sites (N-methyl/N-ethyl adjacent to an activating group) is 1. The molecule has 25 heavy (non-hydrogen) atoms. The molecule has 5 rings (SSSR count). The quantitative estimate of drug-likeness (QED) is 0.721. The zero-order chi connectivity index (χ0) is 17.0. The van der Waals surface area contributed by atoms with Crippen molar-refractivity contribution in [2.24, 2.45) is 0 Å². The summed E-state index contributed by atoms with van der Waals surface area (Å²) in [4.78, 5) is 6.66. The van der Waals surface area contributed by atoms with E-state index >= 15 is 0 Å². The number of nitrogens with zero attached hydrogens (tertiary/aromatic N) is 3. The molecule has 1 aliphatic heterocycles. The van der Waals surface area contributed by atoms with Crippen LogP contribution in [0.25, 0.3) is 10.9 Å². The van der Waals surface area contributed by atoms with Crippen LogP contribution in [-0.4, -0.2) is 28.0 Å². The molecule has 0 atom stereocenters. The summed E-state index contributed by atoms with van der Waals surface area (Å²) in [5, 5.41) is 1.48. The number of aryl methyl sites for hydroxylation is 1. The van der Waals surface area contributed by atoms with Gasteiger partial charge in [0.25, 0.3) is 0 Å². The molecular weight excluding hydrogens is 306 g/mol. The van der Waals surface area contributed by atoms with Crippen LogP contribution in [0.15, 0.2) is 42.7 Å². The molecule has 0 N–H and O–H groups in total. The van der Waals surface area contributed by atoms with Crippen LogP contribution in [0.4, 0.5) is 0 Å². The van der Waals surface area contributed by atoms with E-state index in [0.717, 1.165) is 19.6 Å². The van der Waals surface area contributed by atoms with Gasteiger partial charge in [-0.2, -0.15) is 0 Å². The Labute approximate surface area is 149 Å². The summed E-state index contributed by atoms with van der Waals surface area (Å²) in [7, 11) is 2.24. The Kier molecular flexibility index (Phi) is 3.29. The molecule has 0 unspecified atom stereocenters. The number of hydrogen-bond donors (Lipinski definition) is 0. The minimum atomic E-state index is 0.309. The Morgan fingerprint density at radius 2 is 1.92 bits per heavy atom. The lowest BCUT2D eigenvalue weighted by Gasteiger charge is -2.26. The molecule has 0 radical (unpaired) electrons. The molecule has 0 amide bonds. The highest BCUT2D eigenvalue weighted by atomic mass is 15.1. The second kappa shape index (κ2) is 5.43. The van der Waals surface area contributed by atoms with Crippen molar-refractivity contribution in [3.05, 3.63) is 65.1 Å². The molecule has 3 nitrogen and oxygen atoms in total. The van der Waals surface area contributed by atoms with E-state index in [2.05, 4.69) is 58.8 Å². The van der Waals surface area contributed by atoms with Gasteiger partial charge in [-0.25, -0.2) is 0 Å². The molecule has 128 valence electrons. The van der Waals surface area contributed by atoms with Gasteiger partial charge in [0.05, 0.1) is 0 Å². The maximum atomic E-state index is 4.21. The molecule has 1 aromatic carbocycles. The van der Waals surface area contributed by atoms with Crippen molar-refractivity contribution >= 4 is 10.9 Å². The van der Waals surface area contributed by atoms with Crippen molar-refractivity contribution in [3.8, 4) is 0 Å². The fourth-order valence-corrected chi connectivity index (χ4v) is 4.57. The number of rotatable bonds is 3. The van der Waals surface area contributed by atoms with Crippen LogP contribution < -0.4 is 0 Å². The van der Waals surface area contributed by atoms with Crippen LogP contribution in [0.1, 0.15) is 35.2 Å². The first-order valence-corrected chi connectivity index (χ1v) is 9.36. The Morgan fingerprint density at radius 3 is 2.68 bits per heavy atom. The Hall–Kier alpha value is -2.13. The average Bonchev–Trinajstić information content (AvgIpc) is 3.36. The van der Waals surface area contributed by atoms with Gasteiger partial charge in [-0.15, -0.1) is 0 Å². The van der Waals surface area contributed by atoms with E-state index in [1.165, 1.54) is 47.0 Å². The van der Waals surface area contributed by atoms with Crippen molar-refractivity contribution in [3.63, 3.8) is 0 Å². The van der Waals surface area contributed by atoms with Gasteiger partial charge >= 0.3 is 0 Å². The molecule has 3 aromatic rings. The summed E-state index contributed by atoms with van der Waals surface area (Å²) in [6, 6.07) is 11.4. The molecule has 0 saturated heterocycles.